The molecule has 3 aromatic heterocycles. The first-order valence-electron chi connectivity index (χ1n) is 7.22. The van der Waals surface area contributed by atoms with Crippen LogP contribution in [0.1, 0.15) is 11.5 Å². The smallest absolute Gasteiger partial charge is 0.246 e. The Morgan fingerprint density at radius 2 is 2.25 bits per heavy atom. The predicted molar refractivity (Wildman–Crippen MR) is 88.8 cm³/mol. The van der Waals surface area contributed by atoms with E-state index in [0.717, 1.165) is 22.5 Å². The Balaban J connectivity index is 1.49. The first-order chi connectivity index (χ1) is 11.8. The largest absolute Gasteiger partial charge is 0.376 e. The Labute approximate surface area is 141 Å². The van der Waals surface area contributed by atoms with E-state index in [4.69, 9.17) is 4.52 Å². The van der Waals surface area contributed by atoms with Crippen LogP contribution in [0.5, 0.6) is 0 Å². The average Bonchev–Trinajstić information content (AvgIpc) is 3.34. The van der Waals surface area contributed by atoms with E-state index in [1.165, 1.54) is 0 Å². The summed E-state index contributed by atoms with van der Waals surface area (Å²) in [4.78, 5) is 4.39. The highest BCUT2D eigenvalue weighted by Crippen LogP contribution is 2.21. The monoisotopic (exact) mass is 339 g/mol. The maximum absolute atomic E-state index is 5.28. The lowest BCUT2D eigenvalue weighted by Gasteiger charge is -2.08. The molecule has 1 N–H and O–H groups in total. The Morgan fingerprint density at radius 1 is 1.29 bits per heavy atom. The SMILES string of the molecule is Cc1ccc(NCc2nc(-c3ccsc3)no2)cc1-n1cnnn1. The van der Waals surface area contributed by atoms with Gasteiger partial charge in [0.05, 0.1) is 12.2 Å². The highest BCUT2D eigenvalue weighted by molar-refractivity contribution is 7.08. The molecule has 0 atom stereocenters. The van der Waals surface area contributed by atoms with E-state index in [1.807, 2.05) is 41.9 Å². The number of tetrazole rings is 1. The van der Waals surface area contributed by atoms with Crippen molar-refractivity contribution in [1.29, 1.82) is 0 Å². The molecule has 3 heterocycles. The summed E-state index contributed by atoms with van der Waals surface area (Å²) in [6, 6.07) is 7.93. The van der Waals surface area contributed by atoms with Crippen molar-refractivity contribution in [2.45, 2.75) is 13.5 Å². The van der Waals surface area contributed by atoms with Crippen molar-refractivity contribution in [3.8, 4) is 17.1 Å². The maximum Gasteiger partial charge on any atom is 0.246 e. The number of aromatic nitrogens is 6. The summed E-state index contributed by atoms with van der Waals surface area (Å²) >= 11 is 1.60. The lowest BCUT2D eigenvalue weighted by molar-refractivity contribution is 0.384. The van der Waals surface area contributed by atoms with Gasteiger partial charge in [-0.2, -0.15) is 16.3 Å². The molecule has 0 aliphatic heterocycles. The molecule has 0 saturated heterocycles. The third-order valence-electron chi connectivity index (χ3n) is 3.50. The fraction of sp³-hybridized carbons (Fsp3) is 0.133. The number of hydrogen-bond donors (Lipinski definition) is 1. The maximum atomic E-state index is 5.28. The molecule has 4 aromatic rings. The van der Waals surface area contributed by atoms with Crippen LogP contribution in [0.3, 0.4) is 0 Å². The van der Waals surface area contributed by atoms with Crippen molar-refractivity contribution in [1.82, 2.24) is 30.3 Å². The Morgan fingerprint density at radius 3 is 3.04 bits per heavy atom. The molecule has 1 aromatic carbocycles. The Hall–Kier alpha value is -3.07. The van der Waals surface area contributed by atoms with Crippen molar-refractivity contribution < 1.29 is 4.52 Å². The second kappa shape index (κ2) is 6.20. The van der Waals surface area contributed by atoms with E-state index in [2.05, 4.69) is 31.0 Å². The summed E-state index contributed by atoms with van der Waals surface area (Å²) < 4.78 is 6.91. The molecule has 0 fully saturated rings. The van der Waals surface area contributed by atoms with Gasteiger partial charge in [-0.1, -0.05) is 11.2 Å². The van der Waals surface area contributed by atoms with Crippen LogP contribution in [-0.2, 0) is 6.54 Å². The number of nitrogens with zero attached hydrogens (tertiary/aromatic N) is 6. The summed E-state index contributed by atoms with van der Waals surface area (Å²) in [5.41, 5.74) is 3.87. The van der Waals surface area contributed by atoms with Gasteiger partial charge in [0.15, 0.2) is 0 Å². The molecular weight excluding hydrogens is 326 g/mol. The highest BCUT2D eigenvalue weighted by Gasteiger charge is 2.09. The van der Waals surface area contributed by atoms with Crippen LogP contribution in [-0.4, -0.2) is 30.3 Å². The van der Waals surface area contributed by atoms with Gasteiger partial charge in [0.25, 0.3) is 0 Å². The molecule has 0 bridgehead atoms. The van der Waals surface area contributed by atoms with E-state index < -0.39 is 0 Å². The zero-order chi connectivity index (χ0) is 16.4. The third kappa shape index (κ3) is 2.88. The molecular formula is C15H13N7OS. The molecule has 9 heteroatoms. The summed E-state index contributed by atoms with van der Waals surface area (Å²) in [6.45, 7) is 2.45. The molecule has 24 heavy (non-hydrogen) atoms. The third-order valence-corrected chi connectivity index (χ3v) is 4.18. The first kappa shape index (κ1) is 14.5. The molecule has 0 unspecified atom stereocenters. The van der Waals surface area contributed by atoms with Gasteiger partial charge < -0.3 is 9.84 Å². The first-order valence-corrected chi connectivity index (χ1v) is 8.17. The molecule has 4 rings (SSSR count). The number of nitrogens with one attached hydrogen (secondary N) is 1. The highest BCUT2D eigenvalue weighted by atomic mass is 32.1. The van der Waals surface area contributed by atoms with E-state index in [1.54, 1.807) is 22.3 Å². The second-order valence-electron chi connectivity index (χ2n) is 5.13. The molecule has 120 valence electrons. The van der Waals surface area contributed by atoms with Crippen molar-refractivity contribution in [2.75, 3.05) is 5.32 Å². The summed E-state index contributed by atoms with van der Waals surface area (Å²) in [7, 11) is 0. The van der Waals surface area contributed by atoms with Crippen molar-refractivity contribution >= 4 is 17.0 Å². The van der Waals surface area contributed by atoms with Crippen LogP contribution < -0.4 is 5.32 Å². The Kier molecular flexibility index (Phi) is 3.75. The van der Waals surface area contributed by atoms with Crippen LogP contribution in [0.25, 0.3) is 17.1 Å². The number of aryl methyl sites for hydroxylation is 1. The fourth-order valence-electron chi connectivity index (χ4n) is 2.25. The van der Waals surface area contributed by atoms with Gasteiger partial charge in [-0.15, -0.1) is 5.10 Å². The molecule has 0 amide bonds. The van der Waals surface area contributed by atoms with Gasteiger partial charge in [-0.05, 0) is 46.5 Å². The zero-order valence-electron chi connectivity index (χ0n) is 12.7. The van der Waals surface area contributed by atoms with Crippen LogP contribution in [0, 0.1) is 6.92 Å². The standard InChI is InChI=1S/C15H13N7OS/c1-10-2-3-12(6-13(10)22-9-17-20-21-22)16-7-14-18-15(19-23-14)11-4-5-24-8-11/h2-6,8-9,16H,7H2,1H3. The summed E-state index contributed by atoms with van der Waals surface area (Å²) in [5.74, 6) is 1.13. The molecule has 8 nitrogen and oxygen atoms in total. The van der Waals surface area contributed by atoms with E-state index in [9.17, 15) is 0 Å². The molecule has 0 spiro atoms. The van der Waals surface area contributed by atoms with Gasteiger partial charge in [-0.3, -0.25) is 0 Å². The molecule has 0 radical (unpaired) electrons. The van der Waals surface area contributed by atoms with E-state index in [-0.39, 0.29) is 0 Å². The van der Waals surface area contributed by atoms with Crippen LogP contribution >= 0.6 is 11.3 Å². The quantitative estimate of drug-likeness (QED) is 0.597. The van der Waals surface area contributed by atoms with Crippen LogP contribution in [0.4, 0.5) is 5.69 Å². The fourth-order valence-corrected chi connectivity index (χ4v) is 2.89. The number of thiophene rings is 1. The van der Waals surface area contributed by atoms with Crippen molar-refractivity contribution in [2.24, 2.45) is 0 Å². The number of hydrogen-bond acceptors (Lipinski definition) is 8. The number of benzene rings is 1. The molecule has 0 saturated carbocycles. The molecule has 0 aliphatic carbocycles. The van der Waals surface area contributed by atoms with Gasteiger partial charge in [0.2, 0.25) is 11.7 Å². The topological polar surface area (TPSA) is 94.6 Å². The van der Waals surface area contributed by atoms with Crippen LogP contribution in [0.2, 0.25) is 0 Å². The lowest BCUT2D eigenvalue weighted by atomic mass is 10.2. The summed E-state index contributed by atoms with van der Waals surface area (Å²) in [5, 5.41) is 22.5. The molecule has 0 aliphatic rings. The predicted octanol–water partition coefficient (Wildman–Crippen LogP) is 2.69. The lowest BCUT2D eigenvalue weighted by Crippen LogP contribution is -2.03. The van der Waals surface area contributed by atoms with Gasteiger partial charge in [0.1, 0.15) is 6.33 Å². The minimum Gasteiger partial charge on any atom is -0.376 e. The number of rotatable bonds is 5. The van der Waals surface area contributed by atoms with Crippen molar-refractivity contribution in [3.05, 3.63) is 52.8 Å². The van der Waals surface area contributed by atoms with Crippen molar-refractivity contribution in [3.63, 3.8) is 0 Å². The minimum absolute atomic E-state index is 0.440. The van der Waals surface area contributed by atoms with E-state index >= 15 is 0 Å². The zero-order valence-corrected chi connectivity index (χ0v) is 13.6. The minimum atomic E-state index is 0.440. The van der Waals surface area contributed by atoms with Gasteiger partial charge >= 0.3 is 0 Å². The van der Waals surface area contributed by atoms with E-state index in [0.29, 0.717) is 18.3 Å². The van der Waals surface area contributed by atoms with Crippen LogP contribution in [0.15, 0.2) is 45.9 Å². The Bertz CT molecular complexity index is 931. The van der Waals surface area contributed by atoms with Gasteiger partial charge in [-0.25, -0.2) is 4.68 Å². The van der Waals surface area contributed by atoms with Gasteiger partial charge in [0, 0.05) is 16.6 Å². The summed E-state index contributed by atoms with van der Waals surface area (Å²) in [6.07, 6.45) is 1.57. The second-order valence-corrected chi connectivity index (χ2v) is 5.91. The normalized spacial score (nSPS) is 10.9. The average molecular weight is 339 g/mol. The number of anilines is 1.